The summed E-state index contributed by atoms with van der Waals surface area (Å²) in [5.41, 5.74) is 2.18. The van der Waals surface area contributed by atoms with Gasteiger partial charge in [0.25, 0.3) is 0 Å². The van der Waals surface area contributed by atoms with Crippen LogP contribution in [0.2, 0.25) is 0 Å². The molecule has 144 valence electrons. The van der Waals surface area contributed by atoms with E-state index in [-0.39, 0.29) is 12.1 Å². The standard InChI is InChI=1S/C20H25N3O3S/c1-14-7-6-8-15(11-14)21-20(25)23(16-9-4-3-5-10-16)12-18-22-17(13-27-18)19(24)26-2/h6-8,11,13,16H,3-5,9-10,12H2,1-2H3,(H,21,25). The molecule has 0 aliphatic heterocycles. The summed E-state index contributed by atoms with van der Waals surface area (Å²) in [4.78, 5) is 30.9. The van der Waals surface area contributed by atoms with E-state index in [1.165, 1.54) is 24.9 Å². The van der Waals surface area contributed by atoms with Crippen molar-refractivity contribution in [1.29, 1.82) is 0 Å². The number of rotatable bonds is 5. The molecule has 1 N–H and O–H groups in total. The highest BCUT2D eigenvalue weighted by molar-refractivity contribution is 7.09. The molecule has 0 radical (unpaired) electrons. The van der Waals surface area contributed by atoms with Crippen molar-refractivity contribution in [3.05, 3.63) is 45.9 Å². The molecule has 2 amide bonds. The van der Waals surface area contributed by atoms with Gasteiger partial charge in [0.2, 0.25) is 0 Å². The van der Waals surface area contributed by atoms with Gasteiger partial charge in [-0.25, -0.2) is 14.6 Å². The number of urea groups is 1. The maximum Gasteiger partial charge on any atom is 0.357 e. The fraction of sp³-hybridized carbons (Fsp3) is 0.450. The molecular weight excluding hydrogens is 362 g/mol. The first-order valence-corrected chi connectivity index (χ1v) is 10.1. The minimum absolute atomic E-state index is 0.123. The molecule has 0 spiro atoms. The van der Waals surface area contributed by atoms with Crippen molar-refractivity contribution in [2.75, 3.05) is 12.4 Å². The quantitative estimate of drug-likeness (QED) is 0.761. The SMILES string of the molecule is COC(=O)c1csc(CN(C(=O)Nc2cccc(C)c2)C2CCCCC2)n1. The van der Waals surface area contributed by atoms with Crippen LogP contribution in [0, 0.1) is 6.92 Å². The summed E-state index contributed by atoms with van der Waals surface area (Å²) in [7, 11) is 1.34. The Balaban J connectivity index is 1.76. The van der Waals surface area contributed by atoms with Gasteiger partial charge in [0.1, 0.15) is 5.01 Å². The Morgan fingerprint density at radius 3 is 2.78 bits per heavy atom. The van der Waals surface area contributed by atoms with Crippen molar-refractivity contribution in [2.45, 2.75) is 51.6 Å². The van der Waals surface area contributed by atoms with Crippen molar-refractivity contribution in [2.24, 2.45) is 0 Å². The summed E-state index contributed by atoms with van der Waals surface area (Å²) >= 11 is 1.38. The van der Waals surface area contributed by atoms with Crippen LogP contribution in [-0.4, -0.2) is 35.0 Å². The molecule has 1 aliphatic carbocycles. The van der Waals surface area contributed by atoms with E-state index in [0.717, 1.165) is 41.9 Å². The first-order chi connectivity index (χ1) is 13.1. The number of carbonyl (C=O) groups is 2. The number of hydrogen-bond acceptors (Lipinski definition) is 5. The molecule has 0 atom stereocenters. The molecule has 0 unspecified atom stereocenters. The van der Waals surface area contributed by atoms with Gasteiger partial charge < -0.3 is 15.0 Å². The Morgan fingerprint density at radius 1 is 1.30 bits per heavy atom. The summed E-state index contributed by atoms with van der Waals surface area (Å²) in [6.45, 7) is 2.39. The van der Waals surface area contributed by atoms with Gasteiger partial charge in [0.05, 0.1) is 13.7 Å². The Morgan fingerprint density at radius 2 is 2.07 bits per heavy atom. The topological polar surface area (TPSA) is 71.5 Å². The number of benzene rings is 1. The van der Waals surface area contributed by atoms with Crippen molar-refractivity contribution in [3.8, 4) is 0 Å². The van der Waals surface area contributed by atoms with E-state index in [4.69, 9.17) is 4.74 Å². The fourth-order valence-corrected chi connectivity index (χ4v) is 4.17. The molecule has 1 aromatic carbocycles. The second kappa shape index (κ2) is 8.99. The highest BCUT2D eigenvalue weighted by atomic mass is 32.1. The fourth-order valence-electron chi connectivity index (χ4n) is 3.41. The van der Waals surface area contributed by atoms with Crippen LogP contribution < -0.4 is 5.32 Å². The smallest absolute Gasteiger partial charge is 0.357 e. The van der Waals surface area contributed by atoms with Crippen LogP contribution in [0.1, 0.15) is 53.2 Å². The van der Waals surface area contributed by atoms with Gasteiger partial charge >= 0.3 is 12.0 Å². The van der Waals surface area contributed by atoms with E-state index < -0.39 is 5.97 Å². The summed E-state index contributed by atoms with van der Waals surface area (Å²) < 4.78 is 4.72. The van der Waals surface area contributed by atoms with Crippen molar-refractivity contribution in [1.82, 2.24) is 9.88 Å². The lowest BCUT2D eigenvalue weighted by Crippen LogP contribution is -2.43. The summed E-state index contributed by atoms with van der Waals surface area (Å²) in [6.07, 6.45) is 5.47. The Bertz CT molecular complexity index is 799. The Hall–Kier alpha value is -2.41. The van der Waals surface area contributed by atoms with Crippen LogP contribution in [0.4, 0.5) is 10.5 Å². The van der Waals surface area contributed by atoms with Gasteiger partial charge in [-0.05, 0) is 37.5 Å². The molecule has 27 heavy (non-hydrogen) atoms. The largest absolute Gasteiger partial charge is 0.464 e. The molecule has 7 heteroatoms. The monoisotopic (exact) mass is 387 g/mol. The zero-order valence-corrected chi connectivity index (χ0v) is 16.6. The number of aromatic nitrogens is 1. The normalized spacial score (nSPS) is 14.6. The maximum absolute atomic E-state index is 13.0. The molecule has 1 saturated carbocycles. The van der Waals surface area contributed by atoms with Crippen molar-refractivity contribution < 1.29 is 14.3 Å². The molecule has 1 aromatic heterocycles. The molecule has 6 nitrogen and oxygen atoms in total. The van der Waals surface area contributed by atoms with E-state index >= 15 is 0 Å². The third-order valence-corrected chi connectivity index (χ3v) is 5.63. The zero-order valence-electron chi connectivity index (χ0n) is 15.7. The van der Waals surface area contributed by atoms with Crippen LogP contribution in [0.3, 0.4) is 0 Å². The van der Waals surface area contributed by atoms with Crippen LogP contribution in [0.25, 0.3) is 0 Å². The number of thiazole rings is 1. The molecule has 0 saturated heterocycles. The summed E-state index contributed by atoms with van der Waals surface area (Å²) in [5.74, 6) is -0.453. The summed E-state index contributed by atoms with van der Waals surface area (Å²) in [6, 6.07) is 7.84. The number of methoxy groups -OCH3 is 1. The molecule has 2 aromatic rings. The third kappa shape index (κ3) is 5.07. The number of esters is 1. The van der Waals surface area contributed by atoms with Gasteiger partial charge in [-0.3, -0.25) is 0 Å². The second-order valence-corrected chi connectivity index (χ2v) is 7.78. The zero-order chi connectivity index (χ0) is 19.2. The first kappa shape index (κ1) is 19.4. The number of aryl methyl sites for hydroxylation is 1. The number of hydrogen-bond donors (Lipinski definition) is 1. The van der Waals surface area contributed by atoms with Gasteiger partial charge in [-0.1, -0.05) is 31.4 Å². The Kier molecular flexibility index (Phi) is 6.45. The average Bonchev–Trinajstić information content (AvgIpc) is 3.15. The van der Waals surface area contributed by atoms with Crippen LogP contribution >= 0.6 is 11.3 Å². The molecule has 3 rings (SSSR count). The number of anilines is 1. The number of ether oxygens (including phenoxy) is 1. The van der Waals surface area contributed by atoms with Gasteiger partial charge in [0.15, 0.2) is 5.69 Å². The van der Waals surface area contributed by atoms with Crippen LogP contribution in [0.5, 0.6) is 0 Å². The van der Waals surface area contributed by atoms with E-state index in [0.29, 0.717) is 12.2 Å². The molecule has 1 heterocycles. The van der Waals surface area contributed by atoms with Gasteiger partial charge in [-0.2, -0.15) is 0 Å². The average molecular weight is 388 g/mol. The molecule has 1 aliphatic rings. The van der Waals surface area contributed by atoms with E-state index in [1.54, 1.807) is 5.38 Å². The van der Waals surface area contributed by atoms with Crippen molar-refractivity contribution >= 4 is 29.0 Å². The Labute approximate surface area is 163 Å². The lowest BCUT2D eigenvalue weighted by Gasteiger charge is -2.34. The summed E-state index contributed by atoms with van der Waals surface area (Å²) in [5, 5.41) is 5.43. The predicted molar refractivity (Wildman–Crippen MR) is 106 cm³/mol. The maximum atomic E-state index is 13.0. The predicted octanol–water partition coefficient (Wildman–Crippen LogP) is 4.60. The number of nitrogens with zero attached hydrogens (tertiary/aromatic N) is 2. The van der Waals surface area contributed by atoms with E-state index in [1.807, 2.05) is 36.1 Å². The number of nitrogens with one attached hydrogen (secondary N) is 1. The van der Waals surface area contributed by atoms with Gasteiger partial charge in [-0.15, -0.1) is 11.3 Å². The minimum atomic E-state index is -0.453. The second-order valence-electron chi connectivity index (χ2n) is 6.84. The van der Waals surface area contributed by atoms with Crippen molar-refractivity contribution in [3.63, 3.8) is 0 Å². The lowest BCUT2D eigenvalue weighted by atomic mass is 9.94. The van der Waals surface area contributed by atoms with Crippen LogP contribution in [-0.2, 0) is 11.3 Å². The van der Waals surface area contributed by atoms with Gasteiger partial charge in [0, 0.05) is 17.1 Å². The first-order valence-electron chi connectivity index (χ1n) is 9.24. The van der Waals surface area contributed by atoms with E-state index in [9.17, 15) is 9.59 Å². The number of carbonyl (C=O) groups excluding carboxylic acids is 2. The molecule has 0 bridgehead atoms. The highest BCUT2D eigenvalue weighted by Gasteiger charge is 2.27. The molecular formula is C20H25N3O3S. The number of amides is 2. The third-order valence-electron chi connectivity index (χ3n) is 4.80. The molecule has 1 fully saturated rings. The lowest BCUT2D eigenvalue weighted by molar-refractivity contribution is 0.0594. The highest BCUT2D eigenvalue weighted by Crippen LogP contribution is 2.26. The van der Waals surface area contributed by atoms with E-state index in [2.05, 4.69) is 10.3 Å². The minimum Gasteiger partial charge on any atom is -0.464 e. The van der Waals surface area contributed by atoms with Crippen LogP contribution in [0.15, 0.2) is 29.6 Å².